The smallest absolute Gasteiger partial charge is 0.165 e. The summed E-state index contributed by atoms with van der Waals surface area (Å²) in [5.74, 6) is 0. The summed E-state index contributed by atoms with van der Waals surface area (Å²) in [4.78, 5) is 6.99. The van der Waals surface area contributed by atoms with Gasteiger partial charge in [0, 0.05) is 23.5 Å². The van der Waals surface area contributed by atoms with Crippen molar-refractivity contribution in [1.29, 1.82) is 10.5 Å². The van der Waals surface area contributed by atoms with E-state index in [0.717, 1.165) is 40.7 Å². The zero-order chi connectivity index (χ0) is 20.1. The zero-order valence-electron chi connectivity index (χ0n) is 16.4. The minimum atomic E-state index is 0.0517. The van der Waals surface area contributed by atoms with E-state index in [2.05, 4.69) is 42.8 Å². The second-order valence-electron chi connectivity index (χ2n) is 6.69. The van der Waals surface area contributed by atoms with Gasteiger partial charge in [-0.25, -0.2) is 4.98 Å². The Morgan fingerprint density at radius 1 is 1.07 bits per heavy atom. The molecule has 0 unspecified atom stereocenters. The van der Waals surface area contributed by atoms with Crippen molar-refractivity contribution >= 4 is 22.5 Å². The lowest BCUT2D eigenvalue weighted by atomic mass is 10.1. The lowest BCUT2D eigenvalue weighted by Gasteiger charge is -2.29. The van der Waals surface area contributed by atoms with Gasteiger partial charge >= 0.3 is 0 Å². The van der Waals surface area contributed by atoms with Gasteiger partial charge in [0.1, 0.15) is 16.8 Å². The standard InChI is InChI=1S/C23H22N4S/c1-4-5-11-27-16(2)12-19(13-17(27)3)22-21(18-9-7-6-8-10-18)26-23(28-22)20(14-24)15-25/h6-10,12-13H,4-5,11H2,1-3H3. The molecule has 0 N–H and O–H groups in total. The quantitative estimate of drug-likeness (QED) is 0.794. The number of allylic oxidation sites excluding steroid dienone is 4. The van der Waals surface area contributed by atoms with Crippen LogP contribution in [-0.4, -0.2) is 16.4 Å². The van der Waals surface area contributed by atoms with Crippen molar-refractivity contribution in [2.24, 2.45) is 0 Å². The van der Waals surface area contributed by atoms with Gasteiger partial charge in [0.2, 0.25) is 0 Å². The van der Waals surface area contributed by atoms with E-state index in [4.69, 9.17) is 0 Å². The fourth-order valence-electron chi connectivity index (χ4n) is 3.26. The lowest BCUT2D eigenvalue weighted by molar-refractivity contribution is 0.414. The number of thiazole rings is 1. The molecule has 1 aromatic heterocycles. The number of hydrogen-bond donors (Lipinski definition) is 0. The molecule has 1 aromatic carbocycles. The summed E-state index contributed by atoms with van der Waals surface area (Å²) in [6, 6.07) is 13.8. The van der Waals surface area contributed by atoms with Gasteiger partial charge in [-0.05, 0) is 38.0 Å². The molecule has 1 aliphatic heterocycles. The number of aromatic nitrogens is 1. The summed E-state index contributed by atoms with van der Waals surface area (Å²) < 4.78 is 1.45. The maximum Gasteiger partial charge on any atom is 0.165 e. The molecule has 0 amide bonds. The van der Waals surface area contributed by atoms with Crippen molar-refractivity contribution in [1.82, 2.24) is 9.88 Å². The second-order valence-corrected chi connectivity index (χ2v) is 7.69. The predicted molar refractivity (Wildman–Crippen MR) is 114 cm³/mol. The monoisotopic (exact) mass is 386 g/mol. The van der Waals surface area contributed by atoms with Crippen molar-refractivity contribution in [3.05, 3.63) is 63.1 Å². The highest BCUT2D eigenvalue weighted by Crippen LogP contribution is 2.24. The van der Waals surface area contributed by atoms with Crippen LogP contribution < -0.4 is 9.20 Å². The van der Waals surface area contributed by atoms with Gasteiger partial charge in [0.25, 0.3) is 0 Å². The van der Waals surface area contributed by atoms with Crippen LogP contribution in [0.4, 0.5) is 0 Å². The van der Waals surface area contributed by atoms with Gasteiger partial charge in [0.15, 0.2) is 5.57 Å². The Kier molecular flexibility index (Phi) is 6.09. The van der Waals surface area contributed by atoms with E-state index in [1.54, 1.807) is 0 Å². The molecule has 1 aliphatic rings. The van der Waals surface area contributed by atoms with E-state index < -0.39 is 0 Å². The van der Waals surface area contributed by atoms with E-state index in [1.807, 2.05) is 42.5 Å². The summed E-state index contributed by atoms with van der Waals surface area (Å²) >= 11 is 1.40. The first kappa shape index (κ1) is 19.6. The van der Waals surface area contributed by atoms with E-state index in [1.165, 1.54) is 22.7 Å². The van der Waals surface area contributed by atoms with Gasteiger partial charge in [0.05, 0.1) is 10.2 Å². The molecule has 2 aromatic rings. The van der Waals surface area contributed by atoms with Crippen LogP contribution in [0.15, 0.2) is 53.9 Å². The summed E-state index contributed by atoms with van der Waals surface area (Å²) in [5, 5.41) is 18.6. The fourth-order valence-corrected chi connectivity index (χ4v) is 4.28. The van der Waals surface area contributed by atoms with Crippen LogP contribution in [0, 0.1) is 22.7 Å². The highest BCUT2D eigenvalue weighted by molar-refractivity contribution is 7.08. The van der Waals surface area contributed by atoms with Gasteiger partial charge in [-0.15, -0.1) is 11.3 Å². The first-order valence-electron chi connectivity index (χ1n) is 9.34. The molecule has 2 heterocycles. The number of nitriles is 2. The maximum absolute atomic E-state index is 9.28. The summed E-state index contributed by atoms with van der Waals surface area (Å²) in [7, 11) is 0. The number of nitrogens with zero attached hydrogens (tertiary/aromatic N) is 4. The van der Waals surface area contributed by atoms with Gasteiger partial charge in [-0.3, -0.25) is 0 Å². The van der Waals surface area contributed by atoms with Crippen LogP contribution in [0.1, 0.15) is 33.6 Å². The zero-order valence-corrected chi connectivity index (χ0v) is 17.2. The molecule has 5 heteroatoms. The molecule has 3 rings (SSSR count). The first-order valence-corrected chi connectivity index (χ1v) is 10.2. The largest absolute Gasteiger partial charge is 0.349 e. The minimum absolute atomic E-state index is 0.0517. The van der Waals surface area contributed by atoms with Crippen molar-refractivity contribution < 1.29 is 0 Å². The molecule has 0 spiro atoms. The molecule has 140 valence electrons. The van der Waals surface area contributed by atoms with Crippen LogP contribution in [-0.2, 0) is 0 Å². The highest BCUT2D eigenvalue weighted by Gasteiger charge is 2.16. The molecule has 28 heavy (non-hydrogen) atoms. The molecule has 0 bridgehead atoms. The molecular formula is C23H22N4S. The van der Waals surface area contributed by atoms with E-state index >= 15 is 0 Å². The molecule has 4 nitrogen and oxygen atoms in total. The maximum atomic E-state index is 9.28. The third-order valence-corrected chi connectivity index (χ3v) is 5.81. The Labute approximate surface area is 169 Å². The van der Waals surface area contributed by atoms with Crippen LogP contribution in [0.25, 0.3) is 22.4 Å². The predicted octanol–water partition coefficient (Wildman–Crippen LogP) is 4.08. The van der Waals surface area contributed by atoms with Crippen molar-refractivity contribution in [2.75, 3.05) is 6.54 Å². The lowest BCUT2D eigenvalue weighted by Crippen LogP contribution is -2.24. The van der Waals surface area contributed by atoms with Crippen LogP contribution in [0.3, 0.4) is 0 Å². The van der Waals surface area contributed by atoms with Crippen molar-refractivity contribution in [2.45, 2.75) is 33.6 Å². The molecule has 0 aliphatic carbocycles. The highest BCUT2D eigenvalue weighted by atomic mass is 32.1. The number of benzene rings is 1. The van der Waals surface area contributed by atoms with Crippen LogP contribution in [0.2, 0.25) is 0 Å². The molecule has 0 radical (unpaired) electrons. The SMILES string of the molecule is CCCCN1C(C)=CC(=c2sc(=C(C#N)C#N)nc2-c2ccccc2)C=C1C. The summed E-state index contributed by atoms with van der Waals surface area (Å²) in [6.07, 6.45) is 6.65. The van der Waals surface area contributed by atoms with E-state index in [0.29, 0.717) is 4.66 Å². The molecule has 0 atom stereocenters. The van der Waals surface area contributed by atoms with E-state index in [9.17, 15) is 10.5 Å². The molecular weight excluding hydrogens is 364 g/mol. The number of rotatable bonds is 4. The van der Waals surface area contributed by atoms with Gasteiger partial charge < -0.3 is 4.90 Å². The Bertz CT molecular complexity index is 1100. The van der Waals surface area contributed by atoms with Gasteiger partial charge in [-0.1, -0.05) is 43.7 Å². The minimum Gasteiger partial charge on any atom is -0.349 e. The molecule has 0 saturated carbocycles. The van der Waals surface area contributed by atoms with Crippen LogP contribution >= 0.6 is 11.3 Å². The van der Waals surface area contributed by atoms with Crippen molar-refractivity contribution in [3.8, 4) is 23.4 Å². The number of hydrogen-bond acceptors (Lipinski definition) is 5. The Balaban J connectivity index is 2.27. The third kappa shape index (κ3) is 3.91. The van der Waals surface area contributed by atoms with Crippen molar-refractivity contribution in [3.63, 3.8) is 0 Å². The average molecular weight is 387 g/mol. The molecule has 0 fully saturated rings. The number of unbranched alkanes of at least 4 members (excludes halogenated alkanes) is 1. The molecule has 0 saturated heterocycles. The first-order chi connectivity index (χ1) is 13.6. The Morgan fingerprint density at radius 2 is 1.71 bits per heavy atom. The Hall–Kier alpha value is -3.15. The summed E-state index contributed by atoms with van der Waals surface area (Å²) in [6.45, 7) is 7.45. The van der Waals surface area contributed by atoms with Crippen LogP contribution in [0.5, 0.6) is 0 Å². The normalized spacial score (nSPS) is 13.5. The Morgan fingerprint density at radius 3 is 2.29 bits per heavy atom. The topological polar surface area (TPSA) is 63.7 Å². The second kappa shape index (κ2) is 8.69. The average Bonchev–Trinajstić information content (AvgIpc) is 3.14. The fraction of sp³-hybridized carbons (Fsp3) is 0.261. The summed E-state index contributed by atoms with van der Waals surface area (Å²) in [5.41, 5.74) is 5.31. The van der Waals surface area contributed by atoms with Gasteiger partial charge in [-0.2, -0.15) is 10.5 Å². The third-order valence-electron chi connectivity index (χ3n) is 4.69. The van der Waals surface area contributed by atoms with E-state index in [-0.39, 0.29) is 5.57 Å².